The number of benzene rings is 1. The van der Waals surface area contributed by atoms with Gasteiger partial charge in [-0.3, -0.25) is 4.79 Å². The molecule has 4 nitrogen and oxygen atoms in total. The smallest absolute Gasteiger partial charge is 0.309 e. The minimum absolute atomic E-state index is 0.167. The van der Waals surface area contributed by atoms with Gasteiger partial charge in [0, 0.05) is 13.1 Å². The van der Waals surface area contributed by atoms with Crippen molar-refractivity contribution < 1.29 is 9.53 Å². The molecule has 0 aliphatic carbocycles. The van der Waals surface area contributed by atoms with E-state index in [0.29, 0.717) is 18.7 Å². The molecule has 1 unspecified atom stereocenters. The molecule has 17 heavy (non-hydrogen) atoms. The van der Waals surface area contributed by atoms with Crippen molar-refractivity contribution in [2.75, 3.05) is 13.7 Å². The summed E-state index contributed by atoms with van der Waals surface area (Å²) in [6, 6.07) is 9.47. The molecule has 4 heteroatoms. The summed E-state index contributed by atoms with van der Waals surface area (Å²) in [4.78, 5) is 11.1. The van der Waals surface area contributed by atoms with Gasteiger partial charge < -0.3 is 10.1 Å². The number of rotatable bonds is 5. The first-order valence-electron chi connectivity index (χ1n) is 5.45. The molecule has 0 spiro atoms. The topological polar surface area (TPSA) is 62.1 Å². The SMILES string of the molecule is COC(=O)C(C)CNCc1cccc(C#N)c1. The normalized spacial score (nSPS) is 11.6. The van der Waals surface area contributed by atoms with Crippen LogP contribution in [0.15, 0.2) is 24.3 Å². The number of nitrogens with one attached hydrogen (secondary N) is 1. The Morgan fingerprint density at radius 3 is 3.00 bits per heavy atom. The first kappa shape index (κ1) is 13.2. The van der Waals surface area contributed by atoms with Crippen molar-refractivity contribution in [1.29, 1.82) is 5.26 Å². The number of carbonyl (C=O) groups is 1. The van der Waals surface area contributed by atoms with Crippen LogP contribution in [0.2, 0.25) is 0 Å². The Morgan fingerprint density at radius 2 is 2.35 bits per heavy atom. The molecular formula is C13H16N2O2. The number of ether oxygens (including phenoxy) is 1. The predicted molar refractivity (Wildman–Crippen MR) is 64.0 cm³/mol. The maximum absolute atomic E-state index is 11.1. The average molecular weight is 232 g/mol. The fourth-order valence-electron chi connectivity index (χ4n) is 1.47. The van der Waals surface area contributed by atoms with Gasteiger partial charge in [0.1, 0.15) is 0 Å². The van der Waals surface area contributed by atoms with Crippen molar-refractivity contribution in [2.45, 2.75) is 13.5 Å². The highest BCUT2D eigenvalue weighted by Gasteiger charge is 2.11. The van der Waals surface area contributed by atoms with E-state index in [-0.39, 0.29) is 11.9 Å². The highest BCUT2D eigenvalue weighted by Crippen LogP contribution is 2.04. The second kappa shape index (κ2) is 6.66. The quantitative estimate of drug-likeness (QED) is 0.781. The van der Waals surface area contributed by atoms with Gasteiger partial charge >= 0.3 is 5.97 Å². The van der Waals surface area contributed by atoms with E-state index >= 15 is 0 Å². The molecule has 0 aliphatic rings. The van der Waals surface area contributed by atoms with Gasteiger partial charge in [-0.1, -0.05) is 19.1 Å². The van der Waals surface area contributed by atoms with Crippen molar-refractivity contribution in [3.05, 3.63) is 35.4 Å². The average Bonchev–Trinajstić information content (AvgIpc) is 2.37. The lowest BCUT2D eigenvalue weighted by Gasteiger charge is -2.10. The van der Waals surface area contributed by atoms with E-state index in [1.54, 1.807) is 6.07 Å². The van der Waals surface area contributed by atoms with Crippen LogP contribution in [0.3, 0.4) is 0 Å². The van der Waals surface area contributed by atoms with Crippen LogP contribution >= 0.6 is 0 Å². The van der Waals surface area contributed by atoms with Gasteiger partial charge in [-0.2, -0.15) is 5.26 Å². The summed E-state index contributed by atoms with van der Waals surface area (Å²) in [6.07, 6.45) is 0. The molecular weight excluding hydrogens is 216 g/mol. The third kappa shape index (κ3) is 4.25. The van der Waals surface area contributed by atoms with Crippen molar-refractivity contribution in [3.8, 4) is 6.07 Å². The highest BCUT2D eigenvalue weighted by atomic mass is 16.5. The number of nitrogens with zero attached hydrogens (tertiary/aromatic N) is 1. The molecule has 0 amide bonds. The van der Waals surface area contributed by atoms with E-state index in [9.17, 15) is 4.79 Å². The summed E-state index contributed by atoms with van der Waals surface area (Å²) in [5.74, 6) is -0.387. The number of carbonyl (C=O) groups excluding carboxylic acids is 1. The van der Waals surface area contributed by atoms with E-state index in [4.69, 9.17) is 5.26 Å². The lowest BCUT2D eigenvalue weighted by atomic mass is 10.1. The van der Waals surface area contributed by atoms with Gasteiger partial charge in [-0.25, -0.2) is 0 Å². The molecule has 0 bridgehead atoms. The first-order chi connectivity index (χ1) is 8.17. The molecule has 0 radical (unpaired) electrons. The molecule has 1 aromatic rings. The number of esters is 1. The summed E-state index contributed by atoms with van der Waals surface area (Å²) < 4.78 is 4.63. The van der Waals surface area contributed by atoms with Crippen LogP contribution in [-0.4, -0.2) is 19.6 Å². The molecule has 1 aromatic carbocycles. The Balaban J connectivity index is 2.41. The zero-order valence-electron chi connectivity index (χ0n) is 10.1. The molecule has 0 aromatic heterocycles. The molecule has 0 fully saturated rings. The summed E-state index contributed by atoms with van der Waals surface area (Å²) in [7, 11) is 1.38. The third-order valence-electron chi connectivity index (χ3n) is 2.44. The molecule has 0 saturated heterocycles. The summed E-state index contributed by atoms with van der Waals surface area (Å²) in [6.45, 7) is 3.00. The Labute approximate surface area is 101 Å². The number of methoxy groups -OCH3 is 1. The van der Waals surface area contributed by atoms with Crippen LogP contribution in [0.5, 0.6) is 0 Å². The van der Waals surface area contributed by atoms with Gasteiger partial charge in [0.25, 0.3) is 0 Å². The van der Waals surface area contributed by atoms with Gasteiger partial charge in [0.15, 0.2) is 0 Å². The molecule has 1 rings (SSSR count). The standard InChI is InChI=1S/C13H16N2O2/c1-10(13(16)17-2)8-15-9-12-5-3-4-11(6-12)7-14/h3-6,10,15H,8-9H2,1-2H3. The van der Waals surface area contributed by atoms with E-state index in [1.165, 1.54) is 7.11 Å². The van der Waals surface area contributed by atoms with Crippen LogP contribution in [-0.2, 0) is 16.1 Å². The number of nitriles is 1. The molecule has 1 atom stereocenters. The van der Waals surface area contributed by atoms with E-state index in [0.717, 1.165) is 5.56 Å². The van der Waals surface area contributed by atoms with Crippen molar-refractivity contribution >= 4 is 5.97 Å². The summed E-state index contributed by atoms with van der Waals surface area (Å²) in [5, 5.41) is 11.9. The van der Waals surface area contributed by atoms with Crippen molar-refractivity contribution in [2.24, 2.45) is 5.92 Å². The van der Waals surface area contributed by atoms with E-state index in [2.05, 4.69) is 16.1 Å². The second-order valence-corrected chi connectivity index (χ2v) is 3.87. The fraction of sp³-hybridized carbons (Fsp3) is 0.385. The van der Waals surface area contributed by atoms with Crippen LogP contribution in [0, 0.1) is 17.2 Å². The van der Waals surface area contributed by atoms with Crippen LogP contribution < -0.4 is 5.32 Å². The van der Waals surface area contributed by atoms with Crippen LogP contribution in [0.25, 0.3) is 0 Å². The molecule has 0 heterocycles. The Kier molecular flexibility index (Phi) is 5.18. The van der Waals surface area contributed by atoms with Crippen LogP contribution in [0.1, 0.15) is 18.1 Å². The van der Waals surface area contributed by atoms with Gasteiger partial charge in [-0.15, -0.1) is 0 Å². The number of hydrogen-bond acceptors (Lipinski definition) is 4. The molecule has 0 aliphatic heterocycles. The van der Waals surface area contributed by atoms with Gasteiger partial charge in [-0.05, 0) is 17.7 Å². The second-order valence-electron chi connectivity index (χ2n) is 3.87. The number of hydrogen-bond donors (Lipinski definition) is 1. The van der Waals surface area contributed by atoms with E-state index in [1.807, 2.05) is 25.1 Å². The first-order valence-corrected chi connectivity index (χ1v) is 5.45. The predicted octanol–water partition coefficient (Wildman–Crippen LogP) is 1.46. The highest BCUT2D eigenvalue weighted by molar-refractivity contribution is 5.72. The van der Waals surface area contributed by atoms with Crippen molar-refractivity contribution in [1.82, 2.24) is 5.32 Å². The summed E-state index contributed by atoms with van der Waals surface area (Å²) >= 11 is 0. The third-order valence-corrected chi connectivity index (χ3v) is 2.44. The molecule has 1 N–H and O–H groups in total. The minimum Gasteiger partial charge on any atom is -0.469 e. The Morgan fingerprint density at radius 1 is 1.59 bits per heavy atom. The summed E-state index contributed by atoms with van der Waals surface area (Å²) in [5.41, 5.74) is 1.67. The zero-order chi connectivity index (χ0) is 12.7. The Bertz CT molecular complexity index is 424. The Hall–Kier alpha value is -1.86. The van der Waals surface area contributed by atoms with E-state index < -0.39 is 0 Å². The van der Waals surface area contributed by atoms with Gasteiger partial charge in [0.2, 0.25) is 0 Å². The molecule has 90 valence electrons. The van der Waals surface area contributed by atoms with Crippen molar-refractivity contribution in [3.63, 3.8) is 0 Å². The van der Waals surface area contributed by atoms with Crippen LogP contribution in [0.4, 0.5) is 0 Å². The lowest BCUT2D eigenvalue weighted by molar-refractivity contribution is -0.144. The van der Waals surface area contributed by atoms with Gasteiger partial charge in [0.05, 0.1) is 24.7 Å². The maximum atomic E-state index is 11.1. The zero-order valence-corrected chi connectivity index (χ0v) is 10.1. The lowest BCUT2D eigenvalue weighted by Crippen LogP contribution is -2.26. The fourth-order valence-corrected chi connectivity index (χ4v) is 1.47. The molecule has 0 saturated carbocycles. The maximum Gasteiger partial charge on any atom is 0.309 e. The largest absolute Gasteiger partial charge is 0.469 e. The minimum atomic E-state index is -0.219. The monoisotopic (exact) mass is 232 g/mol.